The van der Waals surface area contributed by atoms with E-state index in [4.69, 9.17) is 13.9 Å². The van der Waals surface area contributed by atoms with Crippen molar-refractivity contribution in [2.45, 2.75) is 59.4 Å². The maximum atomic E-state index is 6.10. The Hall–Kier alpha value is -0.483. The van der Waals surface area contributed by atoms with Crippen molar-refractivity contribution in [1.29, 1.82) is 0 Å². The molecule has 0 aromatic rings. The van der Waals surface area contributed by atoms with E-state index in [2.05, 4.69) is 26.6 Å². The number of ether oxygens (including phenoxy) is 2. The molecule has 0 fully saturated rings. The van der Waals surface area contributed by atoms with Gasteiger partial charge in [0, 0.05) is 6.08 Å². The molecular weight excluding hydrogens is 232 g/mol. The first-order valence-corrected chi connectivity index (χ1v) is 9.99. The lowest BCUT2D eigenvalue weighted by atomic mass is 10.2. The molecule has 0 aromatic heterocycles. The van der Waals surface area contributed by atoms with Crippen LogP contribution in [0.3, 0.4) is 0 Å². The van der Waals surface area contributed by atoms with Crippen molar-refractivity contribution in [3.8, 4) is 0 Å². The van der Waals surface area contributed by atoms with Gasteiger partial charge in [0.2, 0.25) is 0 Å². The molecule has 0 heterocycles. The van der Waals surface area contributed by atoms with Gasteiger partial charge in [-0.05, 0) is 39.9 Å². The van der Waals surface area contributed by atoms with E-state index in [-0.39, 0.29) is 6.10 Å². The quantitative estimate of drug-likeness (QED) is 0.464. The first-order valence-electron chi connectivity index (χ1n) is 6.58. The average molecular weight is 260 g/mol. The standard InChI is InChI=1S/C13H28O3Si/c1-7-10-12(16-17(4,5)6)11-13(14-8-2)15-9-3/h11-12H,7-10H2,1-6H3/t12-/m0/s1. The highest BCUT2D eigenvalue weighted by atomic mass is 28.4. The van der Waals surface area contributed by atoms with Gasteiger partial charge in [-0.15, -0.1) is 0 Å². The van der Waals surface area contributed by atoms with Crippen LogP contribution in [0.25, 0.3) is 0 Å². The minimum absolute atomic E-state index is 0.111. The van der Waals surface area contributed by atoms with Crippen LogP contribution in [0.1, 0.15) is 33.6 Å². The minimum Gasteiger partial charge on any atom is -0.466 e. The van der Waals surface area contributed by atoms with E-state index in [1.807, 2.05) is 19.9 Å². The summed E-state index contributed by atoms with van der Waals surface area (Å²) in [7, 11) is -1.53. The van der Waals surface area contributed by atoms with Gasteiger partial charge in [-0.1, -0.05) is 13.3 Å². The summed E-state index contributed by atoms with van der Waals surface area (Å²) in [4.78, 5) is 0. The van der Waals surface area contributed by atoms with Crippen LogP contribution < -0.4 is 0 Å². The summed E-state index contributed by atoms with van der Waals surface area (Å²) in [5.74, 6) is 0.603. The Morgan fingerprint density at radius 3 is 1.94 bits per heavy atom. The minimum atomic E-state index is -1.53. The summed E-state index contributed by atoms with van der Waals surface area (Å²) < 4.78 is 17.0. The van der Waals surface area contributed by atoms with Crippen LogP contribution >= 0.6 is 0 Å². The summed E-state index contributed by atoms with van der Waals surface area (Å²) in [6, 6.07) is 0. The average Bonchev–Trinajstić information content (AvgIpc) is 2.16. The van der Waals surface area contributed by atoms with Crippen LogP contribution in [0.5, 0.6) is 0 Å². The summed E-state index contributed by atoms with van der Waals surface area (Å²) in [6.07, 6.45) is 4.19. The molecule has 0 saturated heterocycles. The molecule has 1 atom stereocenters. The molecule has 0 bridgehead atoms. The molecule has 0 aromatic carbocycles. The highest BCUT2D eigenvalue weighted by Crippen LogP contribution is 2.15. The van der Waals surface area contributed by atoms with Gasteiger partial charge < -0.3 is 13.9 Å². The van der Waals surface area contributed by atoms with Gasteiger partial charge in [-0.25, -0.2) is 0 Å². The molecule has 0 unspecified atom stereocenters. The summed E-state index contributed by atoms with van der Waals surface area (Å²) >= 11 is 0. The van der Waals surface area contributed by atoms with Crippen LogP contribution in [-0.2, 0) is 13.9 Å². The maximum Gasteiger partial charge on any atom is 0.277 e. The number of rotatable bonds is 9. The maximum absolute atomic E-state index is 6.10. The first-order chi connectivity index (χ1) is 7.92. The van der Waals surface area contributed by atoms with Gasteiger partial charge in [0.15, 0.2) is 8.32 Å². The van der Waals surface area contributed by atoms with Crippen molar-refractivity contribution in [3.05, 3.63) is 12.0 Å². The van der Waals surface area contributed by atoms with E-state index in [0.717, 1.165) is 12.8 Å². The Bertz CT molecular complexity index is 213. The zero-order chi connectivity index (χ0) is 13.3. The van der Waals surface area contributed by atoms with Crippen LogP contribution in [0.15, 0.2) is 12.0 Å². The molecule has 0 aliphatic carbocycles. The zero-order valence-electron chi connectivity index (χ0n) is 12.2. The van der Waals surface area contributed by atoms with Crippen LogP contribution in [-0.4, -0.2) is 27.6 Å². The first kappa shape index (κ1) is 16.5. The van der Waals surface area contributed by atoms with E-state index in [1.165, 1.54) is 0 Å². The van der Waals surface area contributed by atoms with Crippen molar-refractivity contribution in [3.63, 3.8) is 0 Å². The van der Waals surface area contributed by atoms with Gasteiger partial charge in [0.1, 0.15) is 0 Å². The molecule has 3 nitrogen and oxygen atoms in total. The summed E-state index contributed by atoms with van der Waals surface area (Å²) in [5.41, 5.74) is 0. The monoisotopic (exact) mass is 260 g/mol. The van der Waals surface area contributed by atoms with Gasteiger partial charge in [-0.2, -0.15) is 0 Å². The predicted octanol–water partition coefficient (Wildman–Crippen LogP) is 3.92. The largest absolute Gasteiger partial charge is 0.466 e. The highest BCUT2D eigenvalue weighted by molar-refractivity contribution is 6.69. The molecule has 0 radical (unpaired) electrons. The SMILES string of the molecule is CCC[C@@H](C=C(OCC)OCC)O[Si](C)(C)C. The molecule has 0 aliphatic heterocycles. The van der Waals surface area contributed by atoms with E-state index >= 15 is 0 Å². The Morgan fingerprint density at radius 1 is 1.06 bits per heavy atom. The summed E-state index contributed by atoms with van der Waals surface area (Å²) in [6.45, 7) is 13.9. The normalized spacial score (nSPS) is 13.1. The van der Waals surface area contributed by atoms with Crippen LogP contribution in [0.2, 0.25) is 19.6 Å². The van der Waals surface area contributed by atoms with Gasteiger partial charge in [-0.3, -0.25) is 0 Å². The second kappa shape index (κ2) is 8.58. The van der Waals surface area contributed by atoms with Crippen LogP contribution in [0.4, 0.5) is 0 Å². The van der Waals surface area contributed by atoms with E-state index in [9.17, 15) is 0 Å². The molecule has 17 heavy (non-hydrogen) atoms. The molecule has 0 amide bonds. The molecule has 0 spiro atoms. The third-order valence-electron chi connectivity index (χ3n) is 1.97. The Kier molecular flexibility index (Phi) is 8.34. The second-order valence-corrected chi connectivity index (χ2v) is 9.37. The fraction of sp³-hybridized carbons (Fsp3) is 0.846. The second-order valence-electron chi connectivity index (χ2n) is 4.91. The zero-order valence-corrected chi connectivity index (χ0v) is 13.2. The smallest absolute Gasteiger partial charge is 0.277 e. The molecule has 0 saturated carbocycles. The lowest BCUT2D eigenvalue weighted by molar-refractivity contribution is 0.0409. The van der Waals surface area contributed by atoms with E-state index in [0.29, 0.717) is 19.2 Å². The fourth-order valence-corrected chi connectivity index (χ4v) is 2.58. The van der Waals surface area contributed by atoms with Gasteiger partial charge in [0.05, 0.1) is 19.3 Å². The molecule has 0 N–H and O–H groups in total. The van der Waals surface area contributed by atoms with E-state index in [1.54, 1.807) is 0 Å². The van der Waals surface area contributed by atoms with Crippen molar-refractivity contribution in [2.24, 2.45) is 0 Å². The van der Waals surface area contributed by atoms with Crippen molar-refractivity contribution < 1.29 is 13.9 Å². The molecule has 0 aliphatic rings. The topological polar surface area (TPSA) is 27.7 Å². The Morgan fingerprint density at radius 2 is 1.59 bits per heavy atom. The number of hydrogen-bond acceptors (Lipinski definition) is 3. The lowest BCUT2D eigenvalue weighted by Crippen LogP contribution is -2.31. The predicted molar refractivity (Wildman–Crippen MR) is 74.5 cm³/mol. The van der Waals surface area contributed by atoms with E-state index < -0.39 is 8.32 Å². The van der Waals surface area contributed by atoms with Gasteiger partial charge >= 0.3 is 0 Å². The highest BCUT2D eigenvalue weighted by Gasteiger charge is 2.20. The molecule has 0 rings (SSSR count). The van der Waals surface area contributed by atoms with Crippen LogP contribution in [0, 0.1) is 0 Å². The van der Waals surface area contributed by atoms with Crippen molar-refractivity contribution >= 4 is 8.32 Å². The van der Waals surface area contributed by atoms with Crippen molar-refractivity contribution in [2.75, 3.05) is 13.2 Å². The molecule has 4 heteroatoms. The third-order valence-corrected chi connectivity index (χ3v) is 2.98. The lowest BCUT2D eigenvalue weighted by Gasteiger charge is -2.24. The third kappa shape index (κ3) is 9.24. The fourth-order valence-electron chi connectivity index (χ4n) is 1.49. The number of hydrogen-bond donors (Lipinski definition) is 0. The Labute approximate surface area is 107 Å². The summed E-state index contributed by atoms with van der Waals surface area (Å²) in [5, 5.41) is 0. The Balaban J connectivity index is 4.59. The van der Waals surface area contributed by atoms with Gasteiger partial charge in [0.25, 0.3) is 5.95 Å². The molecule has 102 valence electrons. The molecular formula is C13H28O3Si. The van der Waals surface area contributed by atoms with Crippen molar-refractivity contribution in [1.82, 2.24) is 0 Å².